The monoisotopic (exact) mass is 606 g/mol. The van der Waals surface area contributed by atoms with E-state index in [4.69, 9.17) is 0 Å². The molecule has 2 heterocycles. The molecule has 1 saturated heterocycles. The van der Waals surface area contributed by atoms with Crippen LogP contribution in [0.5, 0.6) is 11.5 Å². The normalized spacial score (nSPS) is 16.9. The van der Waals surface area contributed by atoms with Crippen molar-refractivity contribution in [2.45, 2.75) is 25.7 Å². The van der Waals surface area contributed by atoms with Crippen LogP contribution in [-0.2, 0) is 0 Å². The van der Waals surface area contributed by atoms with E-state index in [2.05, 4.69) is 29.8 Å². The summed E-state index contributed by atoms with van der Waals surface area (Å²) in [6, 6.07) is 18.0. The van der Waals surface area contributed by atoms with Crippen LogP contribution >= 0.6 is 11.8 Å². The second-order valence-electron chi connectivity index (χ2n) is 8.85. The quantitative estimate of drug-likeness (QED) is 0.127. The molecule has 0 N–H and O–H groups in total. The van der Waals surface area contributed by atoms with E-state index in [-0.39, 0.29) is 23.2 Å². The molecule has 1 unspecified atom stereocenters. The number of benzene rings is 3. The van der Waals surface area contributed by atoms with Crippen LogP contribution in [0.4, 0.5) is 32.0 Å². The maximum Gasteiger partial charge on any atom is 0.573 e. The molecule has 1 fully saturated rings. The molecule has 3 aromatic carbocycles. The van der Waals surface area contributed by atoms with Gasteiger partial charge in [0.1, 0.15) is 12.1 Å². The maximum absolute atomic E-state index is 12.9. The lowest BCUT2D eigenvalue weighted by Crippen LogP contribution is -2.32. The molecule has 218 valence electrons. The van der Waals surface area contributed by atoms with Gasteiger partial charge < -0.3 is 14.4 Å². The van der Waals surface area contributed by atoms with Crippen molar-refractivity contribution in [1.29, 1.82) is 0 Å². The summed E-state index contributed by atoms with van der Waals surface area (Å²) < 4.78 is 85.4. The van der Waals surface area contributed by atoms with E-state index in [1.165, 1.54) is 71.5 Å². The molecule has 1 aliphatic rings. The number of alkyl halides is 6. The van der Waals surface area contributed by atoms with E-state index < -0.39 is 12.7 Å². The Morgan fingerprint density at radius 3 is 2.29 bits per heavy atom. The average Bonchev–Trinajstić information content (AvgIpc) is 3.55. The summed E-state index contributed by atoms with van der Waals surface area (Å²) in [6.07, 6.45) is -6.67. The molecule has 0 amide bonds. The Hall–Kier alpha value is -4.53. The summed E-state index contributed by atoms with van der Waals surface area (Å²) in [7, 11) is 0. The second kappa shape index (κ2) is 11.8. The van der Waals surface area contributed by atoms with Gasteiger partial charge in [-0.3, -0.25) is 0 Å². The summed E-state index contributed by atoms with van der Waals surface area (Å²) in [5, 5.41) is 13.2. The lowest BCUT2D eigenvalue weighted by Gasteiger charge is -2.25. The van der Waals surface area contributed by atoms with Gasteiger partial charge in [-0.1, -0.05) is 48.2 Å². The molecule has 1 aliphatic heterocycles. The van der Waals surface area contributed by atoms with E-state index in [0.717, 1.165) is 0 Å². The summed E-state index contributed by atoms with van der Waals surface area (Å²) in [4.78, 5) is 5.92. The van der Waals surface area contributed by atoms with Gasteiger partial charge in [-0.25, -0.2) is 9.67 Å². The number of thioether (sulfide) groups is 1. The minimum Gasteiger partial charge on any atom is -0.406 e. The zero-order chi connectivity index (χ0) is 29.9. The standard InChI is InChI=1S/C27H20F6N6O2S/c1-17-15-42-25(39(17)22-4-2-3-5-23(22)41-27(31,32)33)36-35-14-18-6-8-19(9-7-18)24-34-16-38(37-24)20-10-12-21(13-11-20)40-26(28,29)30/h2-14,16-17H,15H2,1H3. The van der Waals surface area contributed by atoms with E-state index in [1.54, 1.807) is 35.2 Å². The number of nitrogens with zero attached hydrogens (tertiary/aromatic N) is 6. The second-order valence-corrected chi connectivity index (χ2v) is 9.84. The molecule has 4 aromatic rings. The number of hydrogen-bond donors (Lipinski definition) is 0. The van der Waals surface area contributed by atoms with Crippen LogP contribution in [0.25, 0.3) is 17.1 Å². The van der Waals surface area contributed by atoms with Gasteiger partial charge in [0.2, 0.25) is 0 Å². The van der Waals surface area contributed by atoms with Crippen molar-refractivity contribution in [2.75, 3.05) is 10.7 Å². The lowest BCUT2D eigenvalue weighted by molar-refractivity contribution is -0.275. The molecule has 1 aromatic heterocycles. The number of aromatic nitrogens is 3. The average molecular weight is 607 g/mol. The van der Waals surface area contributed by atoms with E-state index >= 15 is 0 Å². The van der Waals surface area contributed by atoms with Crippen LogP contribution in [0.1, 0.15) is 12.5 Å². The first-order chi connectivity index (χ1) is 19.9. The molecule has 0 spiro atoms. The number of ether oxygens (including phenoxy) is 2. The Kier molecular flexibility index (Phi) is 8.11. The Labute approximate surface area is 239 Å². The number of halogens is 6. The number of anilines is 1. The molecule has 0 aliphatic carbocycles. The zero-order valence-electron chi connectivity index (χ0n) is 21.5. The largest absolute Gasteiger partial charge is 0.573 e. The summed E-state index contributed by atoms with van der Waals surface area (Å²) in [5.41, 5.74) is 2.11. The van der Waals surface area contributed by atoms with Crippen molar-refractivity contribution >= 4 is 28.8 Å². The smallest absolute Gasteiger partial charge is 0.406 e. The van der Waals surface area contributed by atoms with Crippen molar-refractivity contribution in [3.63, 3.8) is 0 Å². The molecule has 42 heavy (non-hydrogen) atoms. The molecule has 8 nitrogen and oxygen atoms in total. The lowest BCUT2D eigenvalue weighted by atomic mass is 10.1. The minimum absolute atomic E-state index is 0.139. The first-order valence-corrected chi connectivity index (χ1v) is 13.2. The highest BCUT2D eigenvalue weighted by molar-refractivity contribution is 8.14. The molecule has 15 heteroatoms. The highest BCUT2D eigenvalue weighted by Crippen LogP contribution is 2.38. The maximum atomic E-state index is 12.9. The van der Waals surface area contributed by atoms with Crippen molar-refractivity contribution in [3.8, 4) is 28.6 Å². The number of para-hydroxylation sites is 2. The first-order valence-electron chi connectivity index (χ1n) is 12.2. The Morgan fingerprint density at radius 2 is 1.60 bits per heavy atom. The Morgan fingerprint density at radius 1 is 0.905 bits per heavy atom. The zero-order valence-corrected chi connectivity index (χ0v) is 22.4. The third kappa shape index (κ3) is 7.21. The SMILES string of the molecule is CC1CSC(=NN=Cc2ccc(-c3ncn(-c4ccc(OC(F)(F)F)cc4)n3)cc2)N1c1ccccc1OC(F)(F)F. The fraction of sp³-hybridized carbons (Fsp3) is 0.185. The van der Waals surface area contributed by atoms with Crippen molar-refractivity contribution in [2.24, 2.45) is 10.2 Å². The van der Waals surface area contributed by atoms with Gasteiger partial charge in [0.05, 0.1) is 17.6 Å². The predicted molar refractivity (Wildman–Crippen MR) is 146 cm³/mol. The van der Waals surface area contributed by atoms with Crippen LogP contribution in [0.2, 0.25) is 0 Å². The number of rotatable bonds is 7. The van der Waals surface area contributed by atoms with Crippen LogP contribution in [0.15, 0.2) is 89.3 Å². The fourth-order valence-electron chi connectivity index (χ4n) is 4.00. The Balaban J connectivity index is 1.27. The van der Waals surface area contributed by atoms with Crippen molar-refractivity contribution < 1.29 is 35.8 Å². The molecule has 5 rings (SSSR count). The van der Waals surface area contributed by atoms with Crippen LogP contribution in [0, 0.1) is 0 Å². The predicted octanol–water partition coefficient (Wildman–Crippen LogP) is 7.06. The van der Waals surface area contributed by atoms with E-state index in [0.29, 0.717) is 33.6 Å². The summed E-state index contributed by atoms with van der Waals surface area (Å²) in [6.45, 7) is 1.87. The third-order valence-corrected chi connectivity index (χ3v) is 6.98. The van der Waals surface area contributed by atoms with Crippen molar-refractivity contribution in [1.82, 2.24) is 14.8 Å². The van der Waals surface area contributed by atoms with E-state index in [1.807, 2.05) is 6.92 Å². The highest BCUT2D eigenvalue weighted by Gasteiger charge is 2.36. The molecular weight excluding hydrogens is 586 g/mol. The highest BCUT2D eigenvalue weighted by atomic mass is 32.2. The topological polar surface area (TPSA) is 77.1 Å². The third-order valence-electron chi connectivity index (χ3n) is 5.80. The van der Waals surface area contributed by atoms with Gasteiger partial charge in [-0.2, -0.15) is 5.10 Å². The van der Waals surface area contributed by atoms with Gasteiger partial charge in [0.15, 0.2) is 16.7 Å². The number of hydrogen-bond acceptors (Lipinski definition) is 7. The molecule has 0 radical (unpaired) electrons. The van der Waals surface area contributed by atoms with Gasteiger partial charge in [0, 0.05) is 17.4 Å². The molecule has 0 saturated carbocycles. The minimum atomic E-state index is -4.83. The van der Waals surface area contributed by atoms with Gasteiger partial charge in [-0.15, -0.1) is 36.5 Å². The van der Waals surface area contributed by atoms with Gasteiger partial charge in [-0.05, 0) is 48.9 Å². The van der Waals surface area contributed by atoms with Gasteiger partial charge in [0.25, 0.3) is 0 Å². The van der Waals surface area contributed by atoms with Crippen LogP contribution < -0.4 is 14.4 Å². The number of amidine groups is 1. The van der Waals surface area contributed by atoms with Crippen LogP contribution in [-0.4, -0.2) is 50.7 Å². The van der Waals surface area contributed by atoms with Gasteiger partial charge >= 0.3 is 12.7 Å². The summed E-state index contributed by atoms with van der Waals surface area (Å²) >= 11 is 1.37. The fourth-order valence-corrected chi connectivity index (χ4v) is 5.06. The molecule has 0 bridgehead atoms. The van der Waals surface area contributed by atoms with Crippen molar-refractivity contribution in [3.05, 3.63) is 84.7 Å². The van der Waals surface area contributed by atoms with Crippen LogP contribution in [0.3, 0.4) is 0 Å². The first kappa shape index (κ1) is 29.0. The van der Waals surface area contributed by atoms with E-state index in [9.17, 15) is 26.3 Å². The Bertz CT molecular complexity index is 1590. The summed E-state index contributed by atoms with van der Waals surface area (Å²) in [5.74, 6) is 0.327. The molecule has 1 atom stereocenters. The molecular formula is C27H20F6N6O2S.